The molecule has 8 heteroatoms. The number of nitriles is 1. The summed E-state index contributed by atoms with van der Waals surface area (Å²) >= 11 is 9.33. The monoisotopic (exact) mass is 459 g/mol. The van der Waals surface area contributed by atoms with Gasteiger partial charge in [0.15, 0.2) is 18.1 Å². The van der Waals surface area contributed by atoms with Crippen molar-refractivity contribution in [3.63, 3.8) is 0 Å². The highest BCUT2D eigenvalue weighted by molar-refractivity contribution is 9.10. The normalized spacial score (nSPS) is 14.8. The van der Waals surface area contributed by atoms with Crippen molar-refractivity contribution < 1.29 is 14.3 Å². The fourth-order valence-electron chi connectivity index (χ4n) is 2.68. The smallest absolute Gasteiger partial charge is 0.280 e. The highest BCUT2D eigenvalue weighted by Crippen LogP contribution is 2.37. The van der Waals surface area contributed by atoms with Crippen LogP contribution in [0.2, 0.25) is 5.02 Å². The zero-order valence-corrected chi connectivity index (χ0v) is 17.4. The molecule has 1 aliphatic rings. The van der Waals surface area contributed by atoms with Gasteiger partial charge in [-0.25, -0.2) is 0 Å². The summed E-state index contributed by atoms with van der Waals surface area (Å²) in [6.45, 7) is 1.67. The summed E-state index contributed by atoms with van der Waals surface area (Å²) in [5.74, 6) is 0.642. The summed E-state index contributed by atoms with van der Waals surface area (Å²) in [5.41, 5.74) is 2.43. The number of rotatable bonds is 5. The highest BCUT2D eigenvalue weighted by Gasteiger charge is 2.28. The van der Waals surface area contributed by atoms with Crippen molar-refractivity contribution >= 4 is 50.9 Å². The maximum atomic E-state index is 12.9. The van der Waals surface area contributed by atoms with Gasteiger partial charge in [0.05, 0.1) is 28.6 Å². The molecular formula is C20H15BrClN3O3. The molecule has 0 bridgehead atoms. The van der Waals surface area contributed by atoms with Gasteiger partial charge >= 0.3 is 0 Å². The summed E-state index contributed by atoms with van der Waals surface area (Å²) in [4.78, 5) is 12.9. The summed E-state index contributed by atoms with van der Waals surface area (Å²) in [6.07, 6.45) is 1.73. The molecule has 0 unspecified atom stereocenters. The Morgan fingerprint density at radius 1 is 1.32 bits per heavy atom. The Morgan fingerprint density at radius 3 is 2.68 bits per heavy atom. The summed E-state index contributed by atoms with van der Waals surface area (Å²) in [7, 11) is 1.51. The zero-order chi connectivity index (χ0) is 20.3. The third-order valence-corrected chi connectivity index (χ3v) is 4.82. The number of methoxy groups -OCH3 is 1. The van der Waals surface area contributed by atoms with Crippen molar-refractivity contribution in [2.75, 3.05) is 18.7 Å². The van der Waals surface area contributed by atoms with Crippen molar-refractivity contribution in [2.45, 2.75) is 6.92 Å². The van der Waals surface area contributed by atoms with Crippen molar-refractivity contribution in [3.05, 3.63) is 57.0 Å². The van der Waals surface area contributed by atoms with Crippen LogP contribution in [0.3, 0.4) is 0 Å². The largest absolute Gasteiger partial charge is 0.493 e. The Hall–Kier alpha value is -2.82. The Labute approximate surface area is 175 Å². The number of hydrazone groups is 1. The van der Waals surface area contributed by atoms with Crippen LogP contribution in [0.4, 0.5) is 5.69 Å². The van der Waals surface area contributed by atoms with E-state index >= 15 is 0 Å². The SMILES string of the molecule is COc1cc(/C=C2/C(=O)N(c3ccc(Cl)cc3)N=C2C)cc(Br)c1OCC#N. The molecule has 6 nitrogen and oxygen atoms in total. The van der Waals surface area contributed by atoms with Gasteiger partial charge in [-0.2, -0.15) is 15.4 Å². The van der Waals surface area contributed by atoms with E-state index in [0.717, 1.165) is 5.56 Å². The van der Waals surface area contributed by atoms with E-state index in [1.54, 1.807) is 49.4 Å². The second kappa shape index (κ2) is 8.46. The number of ether oxygens (including phenoxy) is 2. The van der Waals surface area contributed by atoms with Crippen molar-refractivity contribution in [1.82, 2.24) is 0 Å². The molecule has 1 amide bonds. The number of carbonyl (C=O) groups excluding carboxylic acids is 1. The standard InChI is InChI=1S/C20H15BrClN3O3/c1-12-16(20(26)25(24-12)15-5-3-14(22)4-6-15)9-13-10-17(21)19(28-8-7-23)18(11-13)27-2/h3-6,9-11H,8H2,1-2H3/b16-9+. The number of hydrogen-bond acceptors (Lipinski definition) is 5. The summed E-state index contributed by atoms with van der Waals surface area (Å²) < 4.78 is 11.4. The van der Waals surface area contributed by atoms with Gasteiger partial charge in [-0.3, -0.25) is 4.79 Å². The zero-order valence-electron chi connectivity index (χ0n) is 15.1. The molecule has 0 saturated heterocycles. The van der Waals surface area contributed by atoms with Crippen LogP contribution in [-0.4, -0.2) is 25.3 Å². The molecule has 0 saturated carbocycles. The van der Waals surface area contributed by atoms with Crippen LogP contribution in [0.15, 0.2) is 51.5 Å². The third-order valence-electron chi connectivity index (χ3n) is 3.98. The first-order valence-electron chi connectivity index (χ1n) is 8.19. The van der Waals surface area contributed by atoms with Gasteiger partial charge in [-0.1, -0.05) is 11.6 Å². The van der Waals surface area contributed by atoms with Crippen LogP contribution in [0.25, 0.3) is 6.08 Å². The maximum Gasteiger partial charge on any atom is 0.280 e. The Morgan fingerprint density at radius 2 is 2.04 bits per heavy atom. The first kappa shape index (κ1) is 19.9. The van der Waals surface area contributed by atoms with Crippen LogP contribution in [0, 0.1) is 11.3 Å². The quantitative estimate of drug-likeness (QED) is 0.600. The molecule has 2 aromatic carbocycles. The number of anilines is 1. The fourth-order valence-corrected chi connectivity index (χ4v) is 3.38. The van der Waals surface area contributed by atoms with Gasteiger partial charge < -0.3 is 9.47 Å². The second-order valence-electron chi connectivity index (χ2n) is 5.82. The van der Waals surface area contributed by atoms with Gasteiger partial charge in [-0.05, 0) is 70.9 Å². The van der Waals surface area contributed by atoms with Gasteiger partial charge in [0.25, 0.3) is 5.91 Å². The lowest BCUT2D eigenvalue weighted by molar-refractivity contribution is -0.114. The third kappa shape index (κ3) is 4.03. The predicted molar refractivity (Wildman–Crippen MR) is 112 cm³/mol. The highest BCUT2D eigenvalue weighted by atomic mass is 79.9. The Balaban J connectivity index is 1.94. The molecule has 0 N–H and O–H groups in total. The second-order valence-corrected chi connectivity index (χ2v) is 7.11. The molecule has 0 aliphatic carbocycles. The lowest BCUT2D eigenvalue weighted by atomic mass is 10.1. The van der Waals surface area contributed by atoms with E-state index in [1.165, 1.54) is 12.1 Å². The molecule has 1 aliphatic heterocycles. The molecule has 0 aromatic heterocycles. The lowest BCUT2D eigenvalue weighted by Gasteiger charge is -2.12. The van der Waals surface area contributed by atoms with Crippen LogP contribution in [0.1, 0.15) is 12.5 Å². The molecule has 2 aromatic rings. The number of hydrogen-bond donors (Lipinski definition) is 0. The van der Waals surface area contributed by atoms with E-state index in [0.29, 0.717) is 38.0 Å². The molecule has 142 valence electrons. The van der Waals surface area contributed by atoms with Gasteiger partial charge in [-0.15, -0.1) is 0 Å². The summed E-state index contributed by atoms with van der Waals surface area (Å²) in [5, 5.41) is 15.0. The lowest BCUT2D eigenvalue weighted by Crippen LogP contribution is -2.21. The minimum atomic E-state index is -0.236. The average molecular weight is 461 g/mol. The van der Waals surface area contributed by atoms with Gasteiger partial charge in [0, 0.05) is 5.02 Å². The maximum absolute atomic E-state index is 12.9. The minimum absolute atomic E-state index is 0.101. The Kier molecular flexibility index (Phi) is 6.02. The van der Waals surface area contributed by atoms with E-state index in [2.05, 4.69) is 21.0 Å². The molecule has 0 radical (unpaired) electrons. The first-order chi connectivity index (χ1) is 13.4. The molecule has 0 fully saturated rings. The average Bonchev–Trinajstić information content (AvgIpc) is 2.95. The minimum Gasteiger partial charge on any atom is -0.493 e. The topological polar surface area (TPSA) is 74.9 Å². The van der Waals surface area contributed by atoms with E-state index in [4.69, 9.17) is 26.3 Å². The van der Waals surface area contributed by atoms with Crippen molar-refractivity contribution in [3.8, 4) is 17.6 Å². The van der Waals surface area contributed by atoms with E-state index in [-0.39, 0.29) is 12.5 Å². The van der Waals surface area contributed by atoms with E-state index in [1.807, 2.05) is 6.07 Å². The van der Waals surface area contributed by atoms with Gasteiger partial charge in [0.2, 0.25) is 0 Å². The number of halogens is 2. The van der Waals surface area contributed by atoms with Crippen LogP contribution in [0.5, 0.6) is 11.5 Å². The van der Waals surface area contributed by atoms with Crippen molar-refractivity contribution in [2.24, 2.45) is 5.10 Å². The van der Waals surface area contributed by atoms with Crippen LogP contribution in [-0.2, 0) is 4.79 Å². The molecule has 0 spiro atoms. The fraction of sp³-hybridized carbons (Fsp3) is 0.150. The first-order valence-corrected chi connectivity index (χ1v) is 9.36. The van der Waals surface area contributed by atoms with Crippen LogP contribution >= 0.6 is 27.5 Å². The number of amides is 1. The van der Waals surface area contributed by atoms with Crippen LogP contribution < -0.4 is 14.5 Å². The number of benzene rings is 2. The molecule has 28 heavy (non-hydrogen) atoms. The number of carbonyl (C=O) groups is 1. The summed E-state index contributed by atoms with van der Waals surface area (Å²) in [6, 6.07) is 12.3. The number of nitrogens with zero attached hydrogens (tertiary/aromatic N) is 3. The van der Waals surface area contributed by atoms with Gasteiger partial charge in [0.1, 0.15) is 6.07 Å². The van der Waals surface area contributed by atoms with Crippen molar-refractivity contribution in [1.29, 1.82) is 5.26 Å². The molecule has 1 heterocycles. The molecule has 3 rings (SSSR count). The predicted octanol–water partition coefficient (Wildman–Crippen LogP) is 4.82. The Bertz CT molecular complexity index is 1030. The molecule has 0 atom stereocenters. The van der Waals surface area contributed by atoms with E-state index < -0.39 is 0 Å². The van der Waals surface area contributed by atoms with E-state index in [9.17, 15) is 4.79 Å². The molecular weight excluding hydrogens is 446 g/mol.